The molecule has 5 nitrogen and oxygen atoms in total. The van der Waals surface area contributed by atoms with Crippen molar-refractivity contribution < 1.29 is 14.3 Å². The molecule has 1 atom stereocenters. The molecular formula is C22H25ClN2O3S. The Hall–Kier alpha value is -2.18. The van der Waals surface area contributed by atoms with E-state index in [1.165, 1.54) is 11.8 Å². The minimum absolute atomic E-state index is 0.130. The highest BCUT2D eigenvalue weighted by atomic mass is 35.5. The second kappa shape index (κ2) is 10.6. The highest BCUT2D eigenvalue weighted by molar-refractivity contribution is 8.01. The van der Waals surface area contributed by atoms with Crippen molar-refractivity contribution in [2.45, 2.75) is 42.8 Å². The van der Waals surface area contributed by atoms with Gasteiger partial charge in [0, 0.05) is 22.9 Å². The van der Waals surface area contributed by atoms with Crippen molar-refractivity contribution in [3.05, 3.63) is 53.1 Å². The molecule has 3 rings (SSSR count). The fraction of sp³-hybridized carbons (Fsp3) is 0.364. The van der Waals surface area contributed by atoms with Crippen LogP contribution in [0.3, 0.4) is 0 Å². The minimum Gasteiger partial charge on any atom is -0.494 e. The number of rotatable bonds is 9. The Bertz CT molecular complexity index is 858. The average molecular weight is 433 g/mol. The lowest BCUT2D eigenvalue weighted by Crippen LogP contribution is -2.35. The summed E-state index contributed by atoms with van der Waals surface area (Å²) in [5.41, 5.74) is 1.83. The van der Waals surface area contributed by atoms with E-state index in [0.717, 1.165) is 42.1 Å². The molecular weight excluding hydrogens is 408 g/mol. The zero-order chi connectivity index (χ0) is 20.6. The zero-order valence-electron chi connectivity index (χ0n) is 16.4. The van der Waals surface area contributed by atoms with Crippen molar-refractivity contribution in [1.82, 2.24) is 5.32 Å². The van der Waals surface area contributed by atoms with Gasteiger partial charge in [-0.1, -0.05) is 37.1 Å². The van der Waals surface area contributed by atoms with Gasteiger partial charge in [0.1, 0.15) is 5.75 Å². The first-order valence-corrected chi connectivity index (χ1v) is 11.1. The van der Waals surface area contributed by atoms with Gasteiger partial charge < -0.3 is 15.4 Å². The summed E-state index contributed by atoms with van der Waals surface area (Å²) in [4.78, 5) is 25.5. The molecule has 0 fully saturated rings. The Morgan fingerprint density at radius 2 is 2.03 bits per heavy atom. The molecule has 2 amide bonds. The lowest BCUT2D eigenvalue weighted by molar-refractivity contribution is -0.124. The molecule has 1 heterocycles. The second-order valence-electron chi connectivity index (χ2n) is 6.89. The predicted octanol–water partition coefficient (Wildman–Crippen LogP) is 4.68. The number of fused-ring (bicyclic) bond motifs is 1. The first kappa shape index (κ1) is 21.5. The van der Waals surface area contributed by atoms with Gasteiger partial charge in [-0.25, -0.2) is 0 Å². The molecule has 0 bridgehead atoms. The van der Waals surface area contributed by atoms with Gasteiger partial charge in [0.05, 0.1) is 17.5 Å². The lowest BCUT2D eigenvalue weighted by atomic mass is 10.1. The number of unbranched alkanes of at least 4 members (excludes halogenated alkanes) is 1. The van der Waals surface area contributed by atoms with Crippen LogP contribution in [0.1, 0.15) is 31.7 Å². The van der Waals surface area contributed by atoms with Gasteiger partial charge in [-0.2, -0.15) is 0 Å². The van der Waals surface area contributed by atoms with E-state index < -0.39 is 5.25 Å². The van der Waals surface area contributed by atoms with Gasteiger partial charge in [0.25, 0.3) is 0 Å². The maximum Gasteiger partial charge on any atom is 0.238 e. The second-order valence-corrected chi connectivity index (χ2v) is 8.57. The number of thioether (sulfide) groups is 1. The van der Waals surface area contributed by atoms with Crippen LogP contribution in [0.5, 0.6) is 5.75 Å². The summed E-state index contributed by atoms with van der Waals surface area (Å²) in [5, 5.41) is 5.86. The fourth-order valence-electron chi connectivity index (χ4n) is 2.93. The third-order valence-electron chi connectivity index (χ3n) is 4.56. The van der Waals surface area contributed by atoms with Crippen LogP contribution in [0.15, 0.2) is 47.4 Å². The highest BCUT2D eigenvalue weighted by Crippen LogP contribution is 2.38. The Labute approximate surface area is 180 Å². The number of amides is 2. The summed E-state index contributed by atoms with van der Waals surface area (Å²) in [7, 11) is 0. The molecule has 1 aliphatic rings. The van der Waals surface area contributed by atoms with Gasteiger partial charge in [0.15, 0.2) is 0 Å². The molecule has 7 heteroatoms. The predicted molar refractivity (Wildman–Crippen MR) is 118 cm³/mol. The van der Waals surface area contributed by atoms with Crippen LogP contribution in [0.25, 0.3) is 0 Å². The number of ether oxygens (including phenoxy) is 1. The van der Waals surface area contributed by atoms with Crippen LogP contribution in [0.2, 0.25) is 5.02 Å². The van der Waals surface area contributed by atoms with E-state index in [9.17, 15) is 9.59 Å². The fourth-order valence-corrected chi connectivity index (χ4v) is 4.19. The van der Waals surface area contributed by atoms with Crippen LogP contribution in [0.4, 0.5) is 5.69 Å². The van der Waals surface area contributed by atoms with Crippen molar-refractivity contribution in [2.24, 2.45) is 0 Å². The van der Waals surface area contributed by atoms with Gasteiger partial charge >= 0.3 is 0 Å². The number of anilines is 1. The Balaban J connectivity index is 1.42. The molecule has 0 aromatic heterocycles. The SMILES string of the molecule is CCCCOc1ccc(CCNC(=O)CC2Sc3ccc(Cl)cc3NC2=O)cc1. The Morgan fingerprint density at radius 3 is 2.79 bits per heavy atom. The van der Waals surface area contributed by atoms with Crippen LogP contribution < -0.4 is 15.4 Å². The van der Waals surface area contributed by atoms with E-state index in [1.54, 1.807) is 12.1 Å². The van der Waals surface area contributed by atoms with Crippen molar-refractivity contribution in [2.75, 3.05) is 18.5 Å². The third kappa shape index (κ3) is 6.41. The summed E-state index contributed by atoms with van der Waals surface area (Å²) in [5.74, 6) is 0.571. The average Bonchev–Trinajstić information content (AvgIpc) is 2.70. The molecule has 0 radical (unpaired) electrons. The van der Waals surface area contributed by atoms with Gasteiger partial charge in [-0.15, -0.1) is 11.8 Å². The normalized spacial score (nSPS) is 15.4. The summed E-state index contributed by atoms with van der Waals surface area (Å²) >= 11 is 7.35. The van der Waals surface area contributed by atoms with E-state index in [0.29, 0.717) is 17.3 Å². The molecule has 154 valence electrons. The van der Waals surface area contributed by atoms with Crippen molar-refractivity contribution >= 4 is 40.9 Å². The molecule has 29 heavy (non-hydrogen) atoms. The molecule has 0 saturated heterocycles. The summed E-state index contributed by atoms with van der Waals surface area (Å²) in [6.07, 6.45) is 3.03. The third-order valence-corrected chi connectivity index (χ3v) is 6.07. The Kier molecular flexibility index (Phi) is 7.83. The summed E-state index contributed by atoms with van der Waals surface area (Å²) in [6, 6.07) is 13.3. The number of nitrogens with one attached hydrogen (secondary N) is 2. The van der Waals surface area contributed by atoms with E-state index in [4.69, 9.17) is 16.3 Å². The van der Waals surface area contributed by atoms with E-state index in [-0.39, 0.29) is 18.2 Å². The number of benzene rings is 2. The summed E-state index contributed by atoms with van der Waals surface area (Å²) in [6.45, 7) is 3.39. The van der Waals surface area contributed by atoms with E-state index in [2.05, 4.69) is 17.6 Å². The molecule has 0 spiro atoms. The van der Waals surface area contributed by atoms with E-state index in [1.807, 2.05) is 30.3 Å². The topological polar surface area (TPSA) is 67.4 Å². The molecule has 2 aromatic carbocycles. The monoisotopic (exact) mass is 432 g/mol. The zero-order valence-corrected chi connectivity index (χ0v) is 17.9. The van der Waals surface area contributed by atoms with Crippen LogP contribution >= 0.6 is 23.4 Å². The quantitative estimate of drug-likeness (QED) is 0.564. The molecule has 2 N–H and O–H groups in total. The molecule has 1 aliphatic heterocycles. The lowest BCUT2D eigenvalue weighted by Gasteiger charge is -2.23. The van der Waals surface area contributed by atoms with Crippen molar-refractivity contribution in [3.63, 3.8) is 0 Å². The first-order valence-electron chi connectivity index (χ1n) is 9.80. The van der Waals surface area contributed by atoms with Crippen LogP contribution in [-0.4, -0.2) is 30.2 Å². The maximum absolute atomic E-state index is 12.3. The van der Waals surface area contributed by atoms with Crippen LogP contribution in [0, 0.1) is 0 Å². The van der Waals surface area contributed by atoms with Gasteiger partial charge in [0.2, 0.25) is 11.8 Å². The molecule has 2 aromatic rings. The summed E-state index contributed by atoms with van der Waals surface area (Å²) < 4.78 is 5.65. The van der Waals surface area contributed by atoms with Gasteiger partial charge in [-0.3, -0.25) is 9.59 Å². The number of carbonyl (C=O) groups excluding carboxylic acids is 2. The number of halogens is 1. The minimum atomic E-state index is -0.441. The van der Waals surface area contributed by atoms with Gasteiger partial charge in [-0.05, 0) is 48.7 Å². The first-order chi connectivity index (χ1) is 14.0. The molecule has 1 unspecified atom stereocenters. The molecule has 0 aliphatic carbocycles. The van der Waals surface area contributed by atoms with Crippen molar-refractivity contribution in [3.8, 4) is 5.75 Å². The standard InChI is InChI=1S/C22H25ClN2O3S/c1-2-3-12-28-17-7-4-15(5-8-17)10-11-24-21(26)14-20-22(27)25-18-13-16(23)6-9-19(18)29-20/h4-9,13,20H,2-3,10-12,14H2,1H3,(H,24,26)(H,25,27). The number of carbonyl (C=O) groups is 2. The van der Waals surface area contributed by atoms with E-state index >= 15 is 0 Å². The number of hydrogen-bond acceptors (Lipinski definition) is 4. The van der Waals surface area contributed by atoms with Crippen LogP contribution in [-0.2, 0) is 16.0 Å². The maximum atomic E-state index is 12.3. The Morgan fingerprint density at radius 1 is 1.24 bits per heavy atom. The molecule has 0 saturated carbocycles. The van der Waals surface area contributed by atoms with Crippen molar-refractivity contribution in [1.29, 1.82) is 0 Å². The number of hydrogen-bond donors (Lipinski definition) is 2. The smallest absolute Gasteiger partial charge is 0.238 e. The largest absolute Gasteiger partial charge is 0.494 e. The highest BCUT2D eigenvalue weighted by Gasteiger charge is 2.29.